The highest BCUT2D eigenvalue weighted by atomic mass is 16.4. The Morgan fingerprint density at radius 3 is 2.67 bits per heavy atom. The zero-order valence-corrected chi connectivity index (χ0v) is 6.99. The third-order valence-electron chi connectivity index (χ3n) is 1.98. The minimum absolute atomic E-state index is 0.455. The summed E-state index contributed by atoms with van der Waals surface area (Å²) in [6.45, 7) is 4.08. The summed E-state index contributed by atoms with van der Waals surface area (Å²) in [5, 5.41) is 11.7. The van der Waals surface area contributed by atoms with E-state index in [9.17, 15) is 4.79 Å². The third kappa shape index (κ3) is 2.77. The Kier molecular flexibility index (Phi) is 3.46. The molecule has 0 saturated carbocycles. The lowest BCUT2D eigenvalue weighted by Gasteiger charge is -2.28. The van der Waals surface area contributed by atoms with E-state index in [0.29, 0.717) is 6.54 Å². The van der Waals surface area contributed by atoms with Gasteiger partial charge in [0.15, 0.2) is 0 Å². The molecule has 0 aromatic carbocycles. The average molecular weight is 173 g/mol. The Morgan fingerprint density at radius 1 is 1.58 bits per heavy atom. The normalized spacial score (nSPS) is 22.1. The van der Waals surface area contributed by atoms with Crippen molar-refractivity contribution in [3.8, 4) is 0 Å². The molecule has 0 amide bonds. The van der Waals surface area contributed by atoms with Gasteiger partial charge in [0, 0.05) is 32.7 Å². The number of nitrogens with one attached hydrogen (secondary N) is 1. The molecule has 4 N–H and O–H groups in total. The quantitative estimate of drug-likeness (QED) is 0.474. The number of aliphatic carboxylic acids is 1. The molecule has 0 aliphatic carbocycles. The van der Waals surface area contributed by atoms with Crippen LogP contribution in [0.3, 0.4) is 0 Å². The number of rotatable bonds is 3. The molecule has 0 radical (unpaired) electrons. The van der Waals surface area contributed by atoms with Crippen LogP contribution in [-0.2, 0) is 4.79 Å². The van der Waals surface area contributed by atoms with E-state index in [1.165, 1.54) is 0 Å². The Bertz CT molecular complexity index is 157. The number of piperazine rings is 1. The van der Waals surface area contributed by atoms with Gasteiger partial charge in [0.25, 0.3) is 0 Å². The number of hydrogen-bond donors (Lipinski definition) is 3. The largest absolute Gasteiger partial charge is 0.480 e. The van der Waals surface area contributed by atoms with Gasteiger partial charge >= 0.3 is 5.97 Å². The first kappa shape index (κ1) is 9.44. The molecular weight excluding hydrogens is 158 g/mol. The molecule has 1 heterocycles. The van der Waals surface area contributed by atoms with Crippen LogP contribution in [0.5, 0.6) is 0 Å². The maximum absolute atomic E-state index is 10.4. The lowest BCUT2D eigenvalue weighted by Crippen LogP contribution is -2.50. The minimum atomic E-state index is -0.923. The highest BCUT2D eigenvalue weighted by Crippen LogP contribution is 1.93. The van der Waals surface area contributed by atoms with E-state index in [-0.39, 0.29) is 0 Å². The molecule has 0 aromatic rings. The van der Waals surface area contributed by atoms with E-state index in [2.05, 4.69) is 10.2 Å². The van der Waals surface area contributed by atoms with E-state index in [1.54, 1.807) is 0 Å². The minimum Gasteiger partial charge on any atom is -0.480 e. The Balaban J connectivity index is 2.24. The number of carboxylic acid groups (broad SMARTS) is 1. The molecule has 1 fully saturated rings. The fraction of sp³-hybridized carbons (Fsp3) is 0.857. The third-order valence-corrected chi connectivity index (χ3v) is 1.98. The molecule has 0 spiro atoms. The summed E-state index contributed by atoms with van der Waals surface area (Å²) in [5.41, 5.74) is 5.39. The van der Waals surface area contributed by atoms with Crippen LogP contribution in [0.25, 0.3) is 0 Å². The lowest BCUT2D eigenvalue weighted by atomic mass is 10.2. The number of carboxylic acids is 1. The standard InChI is InChI=1S/C7H15N3O2/c8-6(7(11)12)5-10-3-1-9-2-4-10/h6,9H,1-5,8H2,(H,11,12)/t6-/m0/s1. The van der Waals surface area contributed by atoms with Gasteiger partial charge in [0.2, 0.25) is 0 Å². The smallest absolute Gasteiger partial charge is 0.321 e. The fourth-order valence-electron chi connectivity index (χ4n) is 1.25. The summed E-state index contributed by atoms with van der Waals surface area (Å²) in [6, 6.07) is -0.747. The molecule has 1 atom stereocenters. The SMILES string of the molecule is N[C@@H](CN1CCNCC1)C(=O)O. The highest BCUT2D eigenvalue weighted by molar-refractivity contribution is 5.73. The molecule has 5 nitrogen and oxygen atoms in total. The highest BCUT2D eigenvalue weighted by Gasteiger charge is 2.17. The summed E-state index contributed by atoms with van der Waals surface area (Å²) in [4.78, 5) is 12.5. The second kappa shape index (κ2) is 4.39. The van der Waals surface area contributed by atoms with E-state index >= 15 is 0 Å². The van der Waals surface area contributed by atoms with E-state index < -0.39 is 12.0 Å². The predicted molar refractivity (Wildman–Crippen MR) is 44.9 cm³/mol. The van der Waals surface area contributed by atoms with Crippen LogP contribution in [0.4, 0.5) is 0 Å². The molecule has 0 aromatic heterocycles. The van der Waals surface area contributed by atoms with Crippen LogP contribution in [0.2, 0.25) is 0 Å². The second-order valence-corrected chi connectivity index (χ2v) is 3.00. The molecular formula is C7H15N3O2. The molecule has 1 aliphatic heterocycles. The number of nitrogens with two attached hydrogens (primary N) is 1. The van der Waals surface area contributed by atoms with Gasteiger partial charge in [-0.25, -0.2) is 0 Å². The molecule has 0 bridgehead atoms. The Hall–Kier alpha value is -0.650. The molecule has 1 rings (SSSR count). The van der Waals surface area contributed by atoms with Crippen LogP contribution in [0.1, 0.15) is 0 Å². The number of hydrogen-bond acceptors (Lipinski definition) is 4. The predicted octanol–water partition coefficient (Wildman–Crippen LogP) is -1.70. The fourth-order valence-corrected chi connectivity index (χ4v) is 1.25. The van der Waals surface area contributed by atoms with Crippen molar-refractivity contribution >= 4 is 5.97 Å². The average Bonchev–Trinajstić information content (AvgIpc) is 2.06. The van der Waals surface area contributed by atoms with Crippen LogP contribution in [0.15, 0.2) is 0 Å². The maximum Gasteiger partial charge on any atom is 0.321 e. The van der Waals surface area contributed by atoms with E-state index in [4.69, 9.17) is 10.8 Å². The molecule has 5 heteroatoms. The van der Waals surface area contributed by atoms with Gasteiger partial charge in [-0.1, -0.05) is 0 Å². The summed E-state index contributed by atoms with van der Waals surface area (Å²) in [6.07, 6.45) is 0. The Labute approximate surface area is 71.5 Å². The second-order valence-electron chi connectivity index (χ2n) is 3.00. The monoisotopic (exact) mass is 173 g/mol. The topological polar surface area (TPSA) is 78.6 Å². The van der Waals surface area contributed by atoms with Crippen LogP contribution >= 0.6 is 0 Å². The number of carbonyl (C=O) groups is 1. The van der Waals surface area contributed by atoms with Crippen molar-refractivity contribution in [2.75, 3.05) is 32.7 Å². The summed E-state index contributed by atoms with van der Waals surface area (Å²) in [5.74, 6) is -0.923. The van der Waals surface area contributed by atoms with Gasteiger partial charge in [-0.2, -0.15) is 0 Å². The maximum atomic E-state index is 10.4. The molecule has 12 heavy (non-hydrogen) atoms. The summed E-state index contributed by atoms with van der Waals surface area (Å²) in [7, 11) is 0. The summed E-state index contributed by atoms with van der Waals surface area (Å²) >= 11 is 0. The van der Waals surface area contributed by atoms with Gasteiger partial charge in [-0.05, 0) is 0 Å². The van der Waals surface area contributed by atoms with Crippen molar-refractivity contribution in [1.29, 1.82) is 0 Å². The lowest BCUT2D eigenvalue weighted by molar-refractivity contribution is -0.139. The van der Waals surface area contributed by atoms with E-state index in [0.717, 1.165) is 26.2 Å². The van der Waals surface area contributed by atoms with E-state index in [1.807, 2.05) is 0 Å². The zero-order chi connectivity index (χ0) is 8.97. The van der Waals surface area contributed by atoms with Gasteiger partial charge in [0.05, 0.1) is 0 Å². The van der Waals surface area contributed by atoms with Gasteiger partial charge in [0.1, 0.15) is 6.04 Å². The van der Waals surface area contributed by atoms with Crippen molar-refractivity contribution < 1.29 is 9.90 Å². The first-order chi connectivity index (χ1) is 5.70. The Morgan fingerprint density at radius 2 is 2.17 bits per heavy atom. The van der Waals surface area contributed by atoms with Crippen molar-refractivity contribution in [3.05, 3.63) is 0 Å². The van der Waals surface area contributed by atoms with Crippen molar-refractivity contribution in [2.45, 2.75) is 6.04 Å². The first-order valence-electron chi connectivity index (χ1n) is 4.11. The molecule has 0 unspecified atom stereocenters. The van der Waals surface area contributed by atoms with Gasteiger partial charge in [-0.3, -0.25) is 9.69 Å². The van der Waals surface area contributed by atoms with Gasteiger partial charge < -0.3 is 16.2 Å². The van der Waals surface area contributed by atoms with Crippen molar-refractivity contribution in [2.24, 2.45) is 5.73 Å². The van der Waals surface area contributed by atoms with Crippen molar-refractivity contribution in [3.63, 3.8) is 0 Å². The van der Waals surface area contributed by atoms with Gasteiger partial charge in [-0.15, -0.1) is 0 Å². The molecule has 1 aliphatic rings. The molecule has 70 valence electrons. The van der Waals surface area contributed by atoms with Crippen molar-refractivity contribution in [1.82, 2.24) is 10.2 Å². The number of nitrogens with zero attached hydrogens (tertiary/aromatic N) is 1. The zero-order valence-electron chi connectivity index (χ0n) is 6.99. The first-order valence-corrected chi connectivity index (χ1v) is 4.11. The van der Waals surface area contributed by atoms with Crippen LogP contribution in [0, 0.1) is 0 Å². The van der Waals surface area contributed by atoms with Crippen LogP contribution < -0.4 is 11.1 Å². The van der Waals surface area contributed by atoms with Crippen LogP contribution in [-0.4, -0.2) is 54.7 Å². The summed E-state index contributed by atoms with van der Waals surface area (Å²) < 4.78 is 0. The molecule has 1 saturated heterocycles.